The van der Waals surface area contributed by atoms with Gasteiger partial charge in [-0.05, 0) is 17.7 Å². The zero-order valence-electron chi connectivity index (χ0n) is 11.8. The first kappa shape index (κ1) is 9.99. The van der Waals surface area contributed by atoms with Crippen molar-refractivity contribution in [3.8, 4) is 11.3 Å². The molecule has 0 saturated heterocycles. The molecule has 0 aliphatic heterocycles. The zero-order chi connectivity index (χ0) is 14.4. The largest absolute Gasteiger partial charge is 0.313 e. The van der Waals surface area contributed by atoms with Crippen LogP contribution in [0.5, 0.6) is 0 Å². The lowest BCUT2D eigenvalue weighted by Crippen LogP contribution is -2.35. The van der Waals surface area contributed by atoms with E-state index >= 15 is 0 Å². The van der Waals surface area contributed by atoms with Crippen molar-refractivity contribution in [3.63, 3.8) is 0 Å². The van der Waals surface area contributed by atoms with Gasteiger partial charge in [-0.25, -0.2) is 0 Å². The number of nitrogens with zero attached hydrogens (tertiary/aromatic N) is 1. The molecule has 18 heavy (non-hydrogen) atoms. The van der Waals surface area contributed by atoms with Gasteiger partial charge >= 0.3 is 0 Å². The maximum Gasteiger partial charge on any atom is 0.292 e. The summed E-state index contributed by atoms with van der Waals surface area (Å²) in [5.41, 5.74) is 4.70. The lowest BCUT2D eigenvalue weighted by Gasteiger charge is -2.05. The highest BCUT2D eigenvalue weighted by Gasteiger charge is 1.98. The Hall–Kier alpha value is -1.98. The molecule has 1 heterocycles. The van der Waals surface area contributed by atoms with Crippen LogP contribution in [0.2, 0.25) is 0 Å². The molecule has 0 atom stereocenters. The quantitative estimate of drug-likeness (QED) is 0.341. The van der Waals surface area contributed by atoms with Crippen LogP contribution in [0.3, 0.4) is 0 Å². The molecule has 2 aromatic rings. The van der Waals surface area contributed by atoms with E-state index in [1.807, 2.05) is 30.3 Å². The predicted octanol–water partition coefficient (Wildman–Crippen LogP) is 0.885. The maximum absolute atomic E-state index is 10.2. The normalized spacial score (nSPS) is 12.4. The SMILES string of the molecule is [2H]C([2H])(NNBC=O)c1ccc(-c2ccccn2)cc1. The fraction of sp³-hybridized carbons (Fsp3) is 0.0769. The van der Waals surface area contributed by atoms with Crippen LogP contribution in [-0.2, 0) is 11.3 Å². The average molecular weight is 241 g/mol. The summed E-state index contributed by atoms with van der Waals surface area (Å²) in [7, 11) is 0.0472. The number of carbonyl (C=O) groups excluding carboxylic acids is 1. The Bertz CT molecular complexity index is 564. The van der Waals surface area contributed by atoms with E-state index in [0.29, 0.717) is 11.7 Å². The molecule has 5 heteroatoms. The molecule has 0 bridgehead atoms. The van der Waals surface area contributed by atoms with Crippen molar-refractivity contribution in [2.24, 2.45) is 0 Å². The van der Waals surface area contributed by atoms with Crippen molar-refractivity contribution in [3.05, 3.63) is 54.2 Å². The molecule has 0 radical (unpaired) electrons. The van der Waals surface area contributed by atoms with Crippen molar-refractivity contribution in [2.45, 2.75) is 6.50 Å². The Balaban J connectivity index is 2.13. The smallest absolute Gasteiger partial charge is 0.292 e. The topological polar surface area (TPSA) is 54.0 Å². The minimum absolute atomic E-state index is 0.0472. The Morgan fingerprint density at radius 1 is 1.28 bits per heavy atom. The van der Waals surface area contributed by atoms with Gasteiger partial charge in [0.05, 0.1) is 11.9 Å². The molecule has 0 unspecified atom stereocenters. The first-order valence-electron chi connectivity index (χ1n) is 6.59. The van der Waals surface area contributed by atoms with Crippen LogP contribution in [0.25, 0.3) is 11.3 Å². The van der Waals surface area contributed by atoms with Crippen LogP contribution in [0.15, 0.2) is 48.7 Å². The van der Waals surface area contributed by atoms with Gasteiger partial charge in [0.25, 0.3) is 7.41 Å². The highest BCUT2D eigenvalue weighted by molar-refractivity contribution is 6.64. The molecule has 90 valence electrons. The third-order valence-corrected chi connectivity index (χ3v) is 2.33. The molecule has 1 aromatic carbocycles. The summed E-state index contributed by atoms with van der Waals surface area (Å²) in [6.07, 6.45) is 2.38. The summed E-state index contributed by atoms with van der Waals surface area (Å²) >= 11 is 0. The first-order chi connectivity index (χ1) is 9.63. The second kappa shape index (κ2) is 6.69. The van der Waals surface area contributed by atoms with E-state index in [1.165, 1.54) is 0 Å². The monoisotopic (exact) mass is 241 g/mol. The Labute approximate surface area is 109 Å². The van der Waals surface area contributed by atoms with Gasteiger partial charge in [0.2, 0.25) is 0 Å². The highest BCUT2D eigenvalue weighted by Crippen LogP contribution is 2.16. The highest BCUT2D eigenvalue weighted by atomic mass is 16.1. The zero-order valence-corrected chi connectivity index (χ0v) is 9.76. The van der Waals surface area contributed by atoms with Crippen LogP contribution >= 0.6 is 0 Å². The number of hydrazine groups is 1. The van der Waals surface area contributed by atoms with Crippen LogP contribution < -0.4 is 10.8 Å². The Morgan fingerprint density at radius 2 is 2.11 bits per heavy atom. The number of nitrogens with one attached hydrogen (secondary N) is 2. The van der Waals surface area contributed by atoms with Gasteiger partial charge in [-0.15, -0.1) is 0 Å². The molecule has 2 N–H and O–H groups in total. The summed E-state index contributed by atoms with van der Waals surface area (Å²) in [6, 6.07) is 12.7. The number of pyridine rings is 1. The molecule has 0 aliphatic rings. The van der Waals surface area contributed by atoms with Crippen LogP contribution in [0, 0.1) is 0 Å². The van der Waals surface area contributed by atoms with Gasteiger partial charge < -0.3 is 4.79 Å². The van der Waals surface area contributed by atoms with Crippen LogP contribution in [-0.4, -0.2) is 18.6 Å². The summed E-state index contributed by atoms with van der Waals surface area (Å²) < 4.78 is 15.8. The van der Waals surface area contributed by atoms with E-state index in [0.717, 1.165) is 11.3 Å². The lowest BCUT2D eigenvalue weighted by molar-refractivity contribution is 0.566. The van der Waals surface area contributed by atoms with Crippen molar-refractivity contribution >= 4 is 13.6 Å². The molecule has 0 aliphatic carbocycles. The fourth-order valence-electron chi connectivity index (χ4n) is 1.47. The molecule has 0 saturated carbocycles. The summed E-state index contributed by atoms with van der Waals surface area (Å²) in [5.74, 6) is 0. The second-order valence-electron chi connectivity index (χ2n) is 3.59. The average Bonchev–Trinajstić information content (AvgIpc) is 2.48. The number of hydrogen-bond acceptors (Lipinski definition) is 4. The number of rotatable bonds is 6. The van der Waals surface area contributed by atoms with Crippen molar-refractivity contribution in [1.29, 1.82) is 0 Å². The number of benzene rings is 1. The van der Waals surface area contributed by atoms with Crippen molar-refractivity contribution in [1.82, 2.24) is 15.7 Å². The molecule has 0 fully saturated rings. The van der Waals surface area contributed by atoms with E-state index in [1.54, 1.807) is 18.3 Å². The van der Waals surface area contributed by atoms with E-state index < -0.39 is 6.50 Å². The van der Waals surface area contributed by atoms with Gasteiger partial charge in [-0.3, -0.25) is 15.7 Å². The maximum atomic E-state index is 10.2. The summed E-state index contributed by atoms with van der Waals surface area (Å²) in [5, 5.41) is 2.51. The number of hydrogen-bond donors (Lipinski definition) is 2. The van der Waals surface area contributed by atoms with Gasteiger partial charge in [0.15, 0.2) is 0 Å². The molecular formula is C13H14BN3O. The molecule has 0 amide bonds. The minimum Gasteiger partial charge on any atom is -0.313 e. The minimum atomic E-state index is -1.76. The Kier molecular flexibility index (Phi) is 3.71. The van der Waals surface area contributed by atoms with E-state index in [4.69, 9.17) is 2.74 Å². The first-order valence-corrected chi connectivity index (χ1v) is 5.59. The summed E-state index contributed by atoms with van der Waals surface area (Å²) in [4.78, 5) is 14.4. The van der Waals surface area contributed by atoms with Crippen LogP contribution in [0.1, 0.15) is 8.30 Å². The van der Waals surface area contributed by atoms with Gasteiger partial charge in [0.1, 0.15) is 0 Å². The van der Waals surface area contributed by atoms with E-state index in [9.17, 15) is 4.79 Å². The van der Waals surface area contributed by atoms with Gasteiger partial charge in [-0.1, -0.05) is 30.3 Å². The standard InChI is InChI=1S/C13H14BN3O/c18-10-14-17-16-9-11-4-6-12(7-5-11)13-3-1-2-8-15-13/h1-8,10,14,16-17H,9H2/i9D2. The van der Waals surface area contributed by atoms with E-state index in [-0.39, 0.29) is 7.41 Å². The third-order valence-electron chi connectivity index (χ3n) is 2.33. The molecule has 4 nitrogen and oxygen atoms in total. The number of aromatic nitrogens is 1. The Morgan fingerprint density at radius 3 is 2.78 bits per heavy atom. The van der Waals surface area contributed by atoms with Crippen molar-refractivity contribution < 1.29 is 7.54 Å². The van der Waals surface area contributed by atoms with E-state index in [2.05, 4.69) is 15.7 Å². The van der Waals surface area contributed by atoms with Gasteiger partial charge in [-0.2, -0.15) is 0 Å². The van der Waals surface area contributed by atoms with Crippen molar-refractivity contribution in [2.75, 3.05) is 0 Å². The fourth-order valence-corrected chi connectivity index (χ4v) is 1.47. The molecular weight excluding hydrogens is 225 g/mol. The lowest BCUT2D eigenvalue weighted by atomic mass is 10.0. The predicted molar refractivity (Wildman–Crippen MR) is 73.5 cm³/mol. The van der Waals surface area contributed by atoms with Gasteiger partial charge in [0, 0.05) is 21.0 Å². The summed E-state index contributed by atoms with van der Waals surface area (Å²) in [6.45, 7) is -1.76. The van der Waals surface area contributed by atoms with Crippen LogP contribution in [0.4, 0.5) is 0 Å². The second-order valence-corrected chi connectivity index (χ2v) is 3.59. The third kappa shape index (κ3) is 3.51. The molecule has 0 spiro atoms. The molecule has 2 rings (SSSR count). The number of carbonyl (C=O) groups is 1. The molecule has 1 aromatic heterocycles.